The van der Waals surface area contributed by atoms with Crippen molar-refractivity contribution in [2.45, 2.75) is 64.0 Å². The number of aromatic nitrogens is 1. The van der Waals surface area contributed by atoms with Gasteiger partial charge in [0.1, 0.15) is 6.26 Å². The molecule has 0 amide bonds. The second-order valence-electron chi connectivity index (χ2n) is 5.93. The van der Waals surface area contributed by atoms with Gasteiger partial charge in [0.05, 0.1) is 12.2 Å². The van der Waals surface area contributed by atoms with Crippen LogP contribution in [0, 0.1) is 0 Å². The lowest BCUT2D eigenvalue weighted by molar-refractivity contribution is 0.371. The molecule has 0 saturated heterocycles. The van der Waals surface area contributed by atoms with Gasteiger partial charge in [0.25, 0.3) is 0 Å². The summed E-state index contributed by atoms with van der Waals surface area (Å²) < 4.78 is 5.22. The Bertz CT molecular complexity index is 374. The third kappa shape index (κ3) is 6.59. The van der Waals surface area contributed by atoms with Crippen LogP contribution in [-0.2, 0) is 13.0 Å². The molecule has 0 atom stereocenters. The first-order valence-electron chi connectivity index (χ1n) is 8.46. The van der Waals surface area contributed by atoms with Gasteiger partial charge in [0.15, 0.2) is 0 Å². The second kappa shape index (κ2) is 9.92. The Morgan fingerprint density at radius 1 is 1.14 bits per heavy atom. The number of hydrogen-bond acceptors (Lipinski definition) is 5. The molecule has 5 heteroatoms. The quantitative estimate of drug-likeness (QED) is 0.575. The molecule has 5 nitrogen and oxygen atoms in total. The fraction of sp³-hybridized carbons (Fsp3) is 0.812. The van der Waals surface area contributed by atoms with E-state index in [9.17, 15) is 0 Å². The molecule has 1 aliphatic rings. The number of aryl methyl sites for hydroxylation is 1. The van der Waals surface area contributed by atoms with Gasteiger partial charge in [-0.1, -0.05) is 19.3 Å². The highest BCUT2D eigenvalue weighted by molar-refractivity contribution is 4.96. The summed E-state index contributed by atoms with van der Waals surface area (Å²) in [5.74, 6) is 0.631. The fourth-order valence-corrected chi connectivity index (χ4v) is 2.90. The molecule has 0 bridgehead atoms. The Kier molecular flexibility index (Phi) is 7.78. The van der Waals surface area contributed by atoms with Crippen LogP contribution in [0.5, 0.6) is 0 Å². The van der Waals surface area contributed by atoms with Crippen molar-refractivity contribution in [2.75, 3.05) is 19.6 Å². The van der Waals surface area contributed by atoms with Gasteiger partial charge in [-0.25, -0.2) is 4.98 Å². The SMILES string of the molecule is NCc1nc(CCCNCCCNC2CCCCC2)co1. The number of rotatable bonds is 10. The molecule has 0 aromatic carbocycles. The summed E-state index contributed by atoms with van der Waals surface area (Å²) >= 11 is 0. The van der Waals surface area contributed by atoms with Crippen LogP contribution in [0.2, 0.25) is 0 Å². The number of nitrogens with one attached hydrogen (secondary N) is 2. The average molecular weight is 294 g/mol. The lowest BCUT2D eigenvalue weighted by atomic mass is 9.95. The average Bonchev–Trinajstić information content (AvgIpc) is 2.99. The van der Waals surface area contributed by atoms with Crippen LogP contribution >= 0.6 is 0 Å². The predicted molar refractivity (Wildman–Crippen MR) is 85.1 cm³/mol. The van der Waals surface area contributed by atoms with Crippen molar-refractivity contribution in [3.63, 3.8) is 0 Å². The minimum Gasteiger partial charge on any atom is -0.447 e. The molecule has 2 rings (SSSR count). The van der Waals surface area contributed by atoms with Gasteiger partial charge >= 0.3 is 0 Å². The lowest BCUT2D eigenvalue weighted by Crippen LogP contribution is -2.33. The van der Waals surface area contributed by atoms with Crippen molar-refractivity contribution in [1.82, 2.24) is 15.6 Å². The summed E-state index contributed by atoms with van der Waals surface area (Å²) in [6.45, 7) is 3.65. The van der Waals surface area contributed by atoms with Crippen molar-refractivity contribution in [3.05, 3.63) is 17.8 Å². The third-order valence-electron chi connectivity index (χ3n) is 4.13. The molecule has 4 N–H and O–H groups in total. The lowest BCUT2D eigenvalue weighted by Gasteiger charge is -2.22. The first-order chi connectivity index (χ1) is 10.4. The normalized spacial score (nSPS) is 16.4. The van der Waals surface area contributed by atoms with E-state index in [1.807, 2.05) is 0 Å². The number of nitrogens with two attached hydrogens (primary N) is 1. The van der Waals surface area contributed by atoms with E-state index in [4.69, 9.17) is 10.2 Å². The molecule has 0 spiro atoms. The molecule has 1 saturated carbocycles. The Labute approximate surface area is 128 Å². The van der Waals surface area contributed by atoms with Gasteiger partial charge in [-0.2, -0.15) is 0 Å². The van der Waals surface area contributed by atoms with Gasteiger partial charge in [-0.15, -0.1) is 0 Å². The van der Waals surface area contributed by atoms with Gasteiger partial charge < -0.3 is 20.8 Å². The van der Waals surface area contributed by atoms with Crippen LogP contribution in [0.3, 0.4) is 0 Å². The zero-order chi connectivity index (χ0) is 14.8. The molecule has 1 aromatic heterocycles. The van der Waals surface area contributed by atoms with E-state index in [2.05, 4.69) is 15.6 Å². The van der Waals surface area contributed by atoms with Gasteiger partial charge in [-0.3, -0.25) is 0 Å². The van der Waals surface area contributed by atoms with Crippen LogP contribution in [-0.4, -0.2) is 30.7 Å². The van der Waals surface area contributed by atoms with Crippen LogP contribution in [0.25, 0.3) is 0 Å². The van der Waals surface area contributed by atoms with Crippen LogP contribution in [0.4, 0.5) is 0 Å². The molecule has 21 heavy (non-hydrogen) atoms. The van der Waals surface area contributed by atoms with E-state index in [-0.39, 0.29) is 0 Å². The summed E-state index contributed by atoms with van der Waals surface area (Å²) in [6.07, 6.45) is 12.0. The zero-order valence-corrected chi connectivity index (χ0v) is 13.1. The standard InChI is InChI=1S/C16H30N4O/c17-12-16-20-15(13-21-16)8-4-9-18-10-5-11-19-14-6-2-1-3-7-14/h13-14,18-19H,1-12,17H2. The van der Waals surface area contributed by atoms with Crippen molar-refractivity contribution >= 4 is 0 Å². The molecule has 0 unspecified atom stereocenters. The van der Waals surface area contributed by atoms with E-state index in [0.717, 1.165) is 44.2 Å². The molecule has 120 valence electrons. The van der Waals surface area contributed by atoms with E-state index in [0.29, 0.717) is 12.4 Å². The number of oxazole rings is 1. The Balaban J connectivity index is 1.39. The van der Waals surface area contributed by atoms with Crippen LogP contribution in [0.1, 0.15) is 56.5 Å². The largest absolute Gasteiger partial charge is 0.447 e. The summed E-state index contributed by atoms with van der Waals surface area (Å²) in [5.41, 5.74) is 6.48. The van der Waals surface area contributed by atoms with Gasteiger partial charge in [0, 0.05) is 6.04 Å². The second-order valence-corrected chi connectivity index (χ2v) is 5.93. The molecule has 1 aromatic rings. The number of hydrogen-bond donors (Lipinski definition) is 3. The predicted octanol–water partition coefficient (Wildman–Crippen LogP) is 1.97. The smallest absolute Gasteiger partial charge is 0.207 e. The Hall–Kier alpha value is -0.910. The van der Waals surface area contributed by atoms with Crippen LogP contribution in [0.15, 0.2) is 10.7 Å². The molecule has 0 radical (unpaired) electrons. The maximum atomic E-state index is 5.47. The highest BCUT2D eigenvalue weighted by atomic mass is 16.3. The minimum absolute atomic E-state index is 0.381. The number of nitrogens with zero attached hydrogens (tertiary/aromatic N) is 1. The Morgan fingerprint density at radius 3 is 2.71 bits per heavy atom. The van der Waals surface area contributed by atoms with E-state index < -0.39 is 0 Å². The van der Waals surface area contributed by atoms with Crippen molar-refractivity contribution in [1.29, 1.82) is 0 Å². The first kappa shape index (κ1) is 16.5. The van der Waals surface area contributed by atoms with Crippen molar-refractivity contribution < 1.29 is 4.42 Å². The van der Waals surface area contributed by atoms with Crippen LogP contribution < -0.4 is 16.4 Å². The van der Waals surface area contributed by atoms with E-state index >= 15 is 0 Å². The molecule has 1 heterocycles. The maximum absolute atomic E-state index is 5.47. The first-order valence-corrected chi connectivity index (χ1v) is 8.46. The molecule has 1 fully saturated rings. The zero-order valence-electron chi connectivity index (χ0n) is 13.1. The molecule has 0 aliphatic heterocycles. The summed E-state index contributed by atoms with van der Waals surface area (Å²) in [6, 6.07) is 0.780. The Morgan fingerprint density at radius 2 is 1.95 bits per heavy atom. The summed E-state index contributed by atoms with van der Waals surface area (Å²) in [5, 5.41) is 7.16. The minimum atomic E-state index is 0.381. The topological polar surface area (TPSA) is 76.1 Å². The van der Waals surface area contributed by atoms with E-state index in [1.165, 1.54) is 38.5 Å². The highest BCUT2D eigenvalue weighted by Gasteiger charge is 2.11. The highest BCUT2D eigenvalue weighted by Crippen LogP contribution is 2.17. The fourth-order valence-electron chi connectivity index (χ4n) is 2.90. The third-order valence-corrected chi connectivity index (χ3v) is 4.13. The van der Waals surface area contributed by atoms with Gasteiger partial charge in [-0.05, 0) is 51.7 Å². The van der Waals surface area contributed by atoms with Crippen molar-refractivity contribution in [3.8, 4) is 0 Å². The molecular formula is C16H30N4O. The van der Waals surface area contributed by atoms with E-state index in [1.54, 1.807) is 6.26 Å². The monoisotopic (exact) mass is 294 g/mol. The van der Waals surface area contributed by atoms with Crippen molar-refractivity contribution in [2.24, 2.45) is 5.73 Å². The maximum Gasteiger partial charge on any atom is 0.207 e. The summed E-state index contributed by atoms with van der Waals surface area (Å²) in [4.78, 5) is 4.30. The van der Waals surface area contributed by atoms with Gasteiger partial charge in [0.2, 0.25) is 5.89 Å². The molecule has 1 aliphatic carbocycles. The summed E-state index contributed by atoms with van der Waals surface area (Å²) in [7, 11) is 0. The molecular weight excluding hydrogens is 264 g/mol.